The molecule has 0 spiro atoms. The SMILES string of the molecule is O=S(=O)([O-])CCO.O=S(=O)([O-])CCO.[Na+].[Na+]. The van der Waals surface area contributed by atoms with E-state index in [9.17, 15) is 25.9 Å². The van der Waals surface area contributed by atoms with Crippen molar-refractivity contribution in [1.29, 1.82) is 0 Å². The molecule has 0 aromatic heterocycles. The van der Waals surface area contributed by atoms with Crippen LogP contribution in [0.25, 0.3) is 0 Å². The van der Waals surface area contributed by atoms with Crippen LogP contribution in [0.5, 0.6) is 0 Å². The van der Waals surface area contributed by atoms with Gasteiger partial charge < -0.3 is 19.3 Å². The fourth-order valence-corrected chi connectivity index (χ4v) is 0.671. The molecule has 2 N–H and O–H groups in total. The fraction of sp³-hybridized carbons (Fsp3) is 1.00. The maximum absolute atomic E-state index is 9.52. The van der Waals surface area contributed by atoms with E-state index in [0.29, 0.717) is 0 Å². The van der Waals surface area contributed by atoms with Crippen molar-refractivity contribution in [3.05, 3.63) is 0 Å². The van der Waals surface area contributed by atoms with Gasteiger partial charge in [-0.3, -0.25) is 0 Å². The van der Waals surface area contributed by atoms with Crippen molar-refractivity contribution in [3.8, 4) is 0 Å². The van der Waals surface area contributed by atoms with Crippen molar-refractivity contribution in [2.75, 3.05) is 24.7 Å². The van der Waals surface area contributed by atoms with Gasteiger partial charge in [0.1, 0.15) is 0 Å². The smallest absolute Gasteiger partial charge is 0.748 e. The van der Waals surface area contributed by atoms with E-state index in [0.717, 1.165) is 0 Å². The molecular weight excluding hydrogens is 286 g/mol. The van der Waals surface area contributed by atoms with Crippen molar-refractivity contribution in [2.24, 2.45) is 0 Å². The fourth-order valence-electron chi connectivity index (χ4n) is 0.224. The maximum Gasteiger partial charge on any atom is 1.00 e. The minimum atomic E-state index is -4.17. The third kappa shape index (κ3) is 36.0. The van der Waals surface area contributed by atoms with Crippen LogP contribution in [0.15, 0.2) is 0 Å². The Morgan fingerprint density at radius 1 is 0.750 bits per heavy atom. The molecule has 12 heteroatoms. The van der Waals surface area contributed by atoms with Crippen LogP contribution < -0.4 is 59.1 Å². The van der Waals surface area contributed by atoms with Crippen LogP contribution >= 0.6 is 0 Å². The zero-order valence-electron chi connectivity index (χ0n) is 8.99. The van der Waals surface area contributed by atoms with Crippen molar-refractivity contribution in [1.82, 2.24) is 0 Å². The van der Waals surface area contributed by atoms with Crippen molar-refractivity contribution >= 4 is 20.2 Å². The van der Waals surface area contributed by atoms with Gasteiger partial charge in [-0.05, 0) is 0 Å². The molecule has 0 atom stereocenters. The summed E-state index contributed by atoms with van der Waals surface area (Å²) in [5, 5.41) is 15.6. The summed E-state index contributed by atoms with van der Waals surface area (Å²) in [6.45, 7) is -1.18. The van der Waals surface area contributed by atoms with E-state index < -0.39 is 45.0 Å². The van der Waals surface area contributed by atoms with Crippen LogP contribution in [0, 0.1) is 0 Å². The summed E-state index contributed by atoms with van der Waals surface area (Å²) < 4.78 is 57.1. The number of hydrogen-bond acceptors (Lipinski definition) is 8. The van der Waals surface area contributed by atoms with Crippen LogP contribution in [0.3, 0.4) is 0 Å². The molecule has 0 fully saturated rings. The molecule has 0 aromatic rings. The van der Waals surface area contributed by atoms with Gasteiger partial charge in [0.25, 0.3) is 0 Å². The van der Waals surface area contributed by atoms with Gasteiger partial charge >= 0.3 is 59.1 Å². The molecule has 88 valence electrons. The quantitative estimate of drug-likeness (QED) is 0.383. The maximum atomic E-state index is 9.52. The molecule has 16 heavy (non-hydrogen) atoms. The molecule has 8 nitrogen and oxygen atoms in total. The Labute approximate surface area is 139 Å². The molecule has 0 unspecified atom stereocenters. The van der Waals surface area contributed by atoms with Gasteiger partial charge in [-0.1, -0.05) is 0 Å². The standard InChI is InChI=1S/2C2H6O4S.2Na/c2*3-1-2-7(4,5)6;;/h2*3H,1-2H2,(H,4,5,6);;/q;;2*+1/p-2. The third-order valence-corrected chi connectivity index (χ3v) is 2.05. The van der Waals surface area contributed by atoms with Crippen LogP contribution in [0.1, 0.15) is 0 Å². The Morgan fingerprint density at radius 3 is 0.938 bits per heavy atom. The molecule has 0 aliphatic heterocycles. The molecule has 0 rings (SSSR count). The monoisotopic (exact) mass is 296 g/mol. The average molecular weight is 296 g/mol. The normalized spacial score (nSPS) is 10.2. The minimum Gasteiger partial charge on any atom is -0.748 e. The predicted molar refractivity (Wildman–Crippen MR) is 43.3 cm³/mol. The molecule has 0 saturated heterocycles. The van der Waals surface area contributed by atoms with Gasteiger partial charge in [-0.2, -0.15) is 0 Å². The first kappa shape index (κ1) is 26.3. The Hall–Kier alpha value is 1.74. The van der Waals surface area contributed by atoms with E-state index in [-0.39, 0.29) is 59.1 Å². The molecule has 0 aliphatic rings. The summed E-state index contributed by atoms with van der Waals surface area (Å²) in [7, 11) is -8.35. The van der Waals surface area contributed by atoms with E-state index in [4.69, 9.17) is 10.2 Å². The number of aliphatic hydroxyl groups is 2. The van der Waals surface area contributed by atoms with E-state index >= 15 is 0 Å². The molecule has 0 bridgehead atoms. The van der Waals surface area contributed by atoms with E-state index in [2.05, 4.69) is 0 Å². The first-order valence-corrected chi connectivity index (χ1v) is 6.36. The zero-order chi connectivity index (χ0) is 11.8. The summed E-state index contributed by atoms with van der Waals surface area (Å²) >= 11 is 0. The molecular formula is C4H10Na2O8S2. The summed E-state index contributed by atoms with van der Waals surface area (Å²) in [5.41, 5.74) is 0. The molecule has 0 aliphatic carbocycles. The second kappa shape index (κ2) is 13.2. The minimum absolute atomic E-state index is 0. The van der Waals surface area contributed by atoms with Crippen LogP contribution in [-0.4, -0.2) is 60.9 Å². The Kier molecular flexibility index (Phi) is 21.7. The summed E-state index contributed by atoms with van der Waals surface area (Å²) in [6, 6.07) is 0. The average Bonchev–Trinajstić information content (AvgIpc) is 1.81. The van der Waals surface area contributed by atoms with Crippen LogP contribution in [-0.2, 0) is 20.2 Å². The second-order valence-corrected chi connectivity index (χ2v) is 5.02. The van der Waals surface area contributed by atoms with Gasteiger partial charge in [0, 0.05) is 0 Å². The van der Waals surface area contributed by atoms with Gasteiger partial charge in [0.15, 0.2) is 0 Å². The zero-order valence-corrected chi connectivity index (χ0v) is 14.6. The van der Waals surface area contributed by atoms with E-state index in [1.165, 1.54) is 0 Å². The second-order valence-electron chi connectivity index (χ2n) is 1.97. The number of hydrogen-bond donors (Lipinski definition) is 2. The largest absolute Gasteiger partial charge is 1.00 e. The molecule has 0 amide bonds. The Balaban J connectivity index is -0.0000000800. The van der Waals surface area contributed by atoms with Crippen LogP contribution in [0.2, 0.25) is 0 Å². The van der Waals surface area contributed by atoms with Crippen molar-refractivity contribution in [3.63, 3.8) is 0 Å². The Morgan fingerprint density at radius 2 is 0.938 bits per heavy atom. The number of rotatable bonds is 4. The van der Waals surface area contributed by atoms with Gasteiger partial charge in [-0.15, -0.1) is 0 Å². The first-order valence-electron chi connectivity index (χ1n) is 3.21. The first-order chi connectivity index (χ1) is 6.12. The van der Waals surface area contributed by atoms with Gasteiger partial charge in [0.2, 0.25) is 0 Å². The third-order valence-electron chi connectivity index (χ3n) is 0.683. The molecule has 0 saturated carbocycles. The molecule has 0 radical (unpaired) electrons. The van der Waals surface area contributed by atoms with Gasteiger partial charge in [-0.25, -0.2) is 16.8 Å². The van der Waals surface area contributed by atoms with Gasteiger partial charge in [0.05, 0.1) is 45.0 Å². The summed E-state index contributed by atoms with van der Waals surface area (Å²) in [5.74, 6) is -1.38. The molecule has 0 heterocycles. The van der Waals surface area contributed by atoms with Crippen molar-refractivity contribution in [2.45, 2.75) is 0 Å². The summed E-state index contributed by atoms with van der Waals surface area (Å²) in [4.78, 5) is 0. The summed E-state index contributed by atoms with van der Waals surface area (Å²) in [6.07, 6.45) is 0. The van der Waals surface area contributed by atoms with Crippen molar-refractivity contribution < 1.29 is 95.3 Å². The molecule has 0 aromatic carbocycles. The van der Waals surface area contributed by atoms with Crippen LogP contribution in [0.4, 0.5) is 0 Å². The number of aliphatic hydroxyl groups excluding tert-OH is 2. The topological polar surface area (TPSA) is 155 Å². The van der Waals surface area contributed by atoms with E-state index in [1.807, 2.05) is 0 Å². The van der Waals surface area contributed by atoms with E-state index in [1.54, 1.807) is 0 Å². The Bertz CT molecular complexity index is 288. The predicted octanol–water partition coefficient (Wildman–Crippen LogP) is -8.94.